The Hall–Kier alpha value is -2.96. The molecule has 0 bridgehead atoms. The fourth-order valence-electron chi connectivity index (χ4n) is 4.43. The summed E-state index contributed by atoms with van der Waals surface area (Å²) in [6, 6.07) is 10.8. The number of aliphatic hydroxyl groups excluding tert-OH is 1. The Balaban J connectivity index is 1.36. The van der Waals surface area contributed by atoms with Crippen LogP contribution in [0.5, 0.6) is 0 Å². The van der Waals surface area contributed by atoms with E-state index in [1.54, 1.807) is 0 Å². The number of aromatic nitrogens is 2. The molecule has 1 aromatic carbocycles. The van der Waals surface area contributed by atoms with Crippen LogP contribution in [-0.2, 0) is 6.54 Å². The molecule has 2 aromatic heterocycles. The molecule has 5 rings (SSSR count). The minimum Gasteiger partial charge on any atom is -0.505 e. The van der Waals surface area contributed by atoms with Crippen LogP contribution < -0.4 is 0 Å². The highest BCUT2D eigenvalue weighted by Gasteiger charge is 2.21. The zero-order valence-corrected chi connectivity index (χ0v) is 17.7. The van der Waals surface area contributed by atoms with Gasteiger partial charge < -0.3 is 15.0 Å². The summed E-state index contributed by atoms with van der Waals surface area (Å²) in [7, 11) is 2.18. The second kappa shape index (κ2) is 8.29. The van der Waals surface area contributed by atoms with Crippen molar-refractivity contribution in [2.24, 2.45) is 0 Å². The summed E-state index contributed by atoms with van der Waals surface area (Å²) in [5.74, 6) is -0.860. The average Bonchev–Trinajstić information content (AvgIpc) is 3.21. The van der Waals surface area contributed by atoms with Gasteiger partial charge in [0, 0.05) is 68.4 Å². The molecule has 1 aliphatic carbocycles. The first-order chi connectivity index (χ1) is 15.1. The van der Waals surface area contributed by atoms with Gasteiger partial charge in [-0.1, -0.05) is 30.3 Å². The fourth-order valence-corrected chi connectivity index (χ4v) is 4.43. The standard InChI is InChI=1S/C25H27FN4O/c1-29-8-10-30(11-9-29)16-17-2-4-18(5-3-17)20-12-21-22(15-28-25(21)27-14-20)19-6-7-24(31)23(26)13-19/h2-7,12,14-15,19,31H,8-11,13,16H2,1H3,(H,27,28). The second-order valence-electron chi connectivity index (χ2n) is 8.60. The number of pyridine rings is 1. The minimum absolute atomic E-state index is 0.118. The van der Waals surface area contributed by atoms with Gasteiger partial charge in [0.2, 0.25) is 0 Å². The Labute approximate surface area is 181 Å². The third-order valence-corrected chi connectivity index (χ3v) is 6.42. The lowest BCUT2D eigenvalue weighted by Crippen LogP contribution is -2.43. The Morgan fingerprint density at radius 3 is 2.65 bits per heavy atom. The predicted octanol–water partition coefficient (Wildman–Crippen LogP) is 4.76. The molecule has 31 heavy (non-hydrogen) atoms. The molecule has 2 N–H and O–H groups in total. The quantitative estimate of drug-likeness (QED) is 0.641. The van der Waals surface area contributed by atoms with E-state index in [1.807, 2.05) is 18.5 Å². The Morgan fingerprint density at radius 2 is 1.90 bits per heavy atom. The zero-order chi connectivity index (χ0) is 21.4. The number of allylic oxidation sites excluding steroid dienone is 3. The van der Waals surface area contributed by atoms with Gasteiger partial charge in [-0.05, 0) is 35.9 Å². The minimum atomic E-state index is -0.470. The molecule has 1 aliphatic heterocycles. The van der Waals surface area contributed by atoms with E-state index < -0.39 is 5.83 Å². The average molecular weight is 419 g/mol. The summed E-state index contributed by atoms with van der Waals surface area (Å²) < 4.78 is 13.9. The van der Waals surface area contributed by atoms with Crippen molar-refractivity contribution >= 4 is 11.0 Å². The van der Waals surface area contributed by atoms with Crippen molar-refractivity contribution in [1.82, 2.24) is 19.8 Å². The van der Waals surface area contributed by atoms with Gasteiger partial charge in [0.15, 0.2) is 0 Å². The lowest BCUT2D eigenvalue weighted by atomic mass is 9.91. The number of halogens is 1. The third kappa shape index (κ3) is 4.13. The van der Waals surface area contributed by atoms with E-state index in [0.29, 0.717) is 0 Å². The van der Waals surface area contributed by atoms with E-state index in [0.717, 1.165) is 60.4 Å². The first-order valence-corrected chi connectivity index (χ1v) is 10.8. The van der Waals surface area contributed by atoms with Gasteiger partial charge in [-0.2, -0.15) is 0 Å². The Kier molecular flexibility index (Phi) is 5.34. The first kappa shape index (κ1) is 20.0. The van der Waals surface area contributed by atoms with Crippen LogP contribution in [0.2, 0.25) is 0 Å². The predicted molar refractivity (Wildman–Crippen MR) is 122 cm³/mol. The number of piperazine rings is 1. The summed E-state index contributed by atoms with van der Waals surface area (Å²) >= 11 is 0. The summed E-state index contributed by atoms with van der Waals surface area (Å²) in [6.07, 6.45) is 7.23. The fraction of sp³-hybridized carbons (Fsp3) is 0.320. The Morgan fingerprint density at radius 1 is 1.13 bits per heavy atom. The molecule has 3 heterocycles. The van der Waals surface area contributed by atoms with E-state index in [9.17, 15) is 9.50 Å². The Bertz CT molecular complexity index is 1140. The van der Waals surface area contributed by atoms with E-state index in [-0.39, 0.29) is 18.1 Å². The molecule has 0 spiro atoms. The summed E-state index contributed by atoms with van der Waals surface area (Å²) in [5, 5.41) is 10.5. The molecule has 1 saturated heterocycles. The third-order valence-electron chi connectivity index (χ3n) is 6.42. The summed E-state index contributed by atoms with van der Waals surface area (Å²) in [6.45, 7) is 5.44. The number of nitrogens with zero attached hydrogens (tertiary/aromatic N) is 3. The van der Waals surface area contributed by atoms with Crippen LogP contribution in [0.1, 0.15) is 23.5 Å². The molecule has 0 saturated carbocycles. The van der Waals surface area contributed by atoms with Crippen LogP contribution >= 0.6 is 0 Å². The topological polar surface area (TPSA) is 55.4 Å². The number of rotatable bonds is 4. The number of hydrogen-bond acceptors (Lipinski definition) is 4. The van der Waals surface area contributed by atoms with Gasteiger partial charge in [-0.3, -0.25) is 4.90 Å². The van der Waals surface area contributed by atoms with Crippen molar-refractivity contribution in [3.8, 4) is 11.1 Å². The maximum absolute atomic E-state index is 13.9. The van der Waals surface area contributed by atoms with Crippen LogP contribution in [0.15, 0.2) is 66.5 Å². The van der Waals surface area contributed by atoms with Gasteiger partial charge in [-0.25, -0.2) is 9.37 Å². The SMILES string of the molecule is CN1CCN(Cc2ccc(-c3cnc4[nH]cc(C5C=CC(O)=C(F)C5)c4c3)cc2)CC1. The highest BCUT2D eigenvalue weighted by Crippen LogP contribution is 2.36. The number of hydrogen-bond donors (Lipinski definition) is 2. The normalized spacial score (nSPS) is 20.6. The summed E-state index contributed by atoms with van der Waals surface area (Å²) in [5.41, 5.74) is 5.26. The smallest absolute Gasteiger partial charge is 0.146 e. The van der Waals surface area contributed by atoms with Gasteiger partial charge in [0.05, 0.1) is 0 Å². The first-order valence-electron chi connectivity index (χ1n) is 10.8. The van der Waals surface area contributed by atoms with E-state index in [1.165, 1.54) is 11.6 Å². The van der Waals surface area contributed by atoms with Crippen LogP contribution in [0, 0.1) is 0 Å². The van der Waals surface area contributed by atoms with E-state index in [2.05, 4.69) is 57.1 Å². The van der Waals surface area contributed by atoms with Gasteiger partial charge in [-0.15, -0.1) is 0 Å². The second-order valence-corrected chi connectivity index (χ2v) is 8.60. The molecule has 5 nitrogen and oxygen atoms in total. The molecular weight excluding hydrogens is 391 g/mol. The number of aromatic amines is 1. The molecule has 6 heteroatoms. The number of benzene rings is 1. The highest BCUT2D eigenvalue weighted by molar-refractivity contribution is 5.85. The molecule has 1 unspecified atom stereocenters. The van der Waals surface area contributed by atoms with Crippen molar-refractivity contribution < 1.29 is 9.50 Å². The molecular formula is C25H27FN4O. The molecule has 3 aromatic rings. The molecule has 0 amide bonds. The molecule has 160 valence electrons. The lowest BCUT2D eigenvalue weighted by molar-refractivity contribution is 0.148. The molecule has 0 radical (unpaired) electrons. The molecule has 2 aliphatic rings. The van der Waals surface area contributed by atoms with Gasteiger partial charge in [0.25, 0.3) is 0 Å². The lowest BCUT2D eigenvalue weighted by Gasteiger charge is -2.32. The van der Waals surface area contributed by atoms with Crippen molar-refractivity contribution in [3.05, 3.63) is 77.6 Å². The monoisotopic (exact) mass is 418 g/mol. The van der Waals surface area contributed by atoms with Crippen LogP contribution in [0.25, 0.3) is 22.2 Å². The van der Waals surface area contributed by atoms with Gasteiger partial charge >= 0.3 is 0 Å². The zero-order valence-electron chi connectivity index (χ0n) is 17.7. The molecule has 1 fully saturated rings. The van der Waals surface area contributed by atoms with E-state index in [4.69, 9.17) is 0 Å². The number of H-pyrrole nitrogens is 1. The maximum atomic E-state index is 13.9. The van der Waals surface area contributed by atoms with Crippen molar-refractivity contribution in [1.29, 1.82) is 0 Å². The number of nitrogens with one attached hydrogen (secondary N) is 1. The number of fused-ring (bicyclic) bond motifs is 1. The van der Waals surface area contributed by atoms with Gasteiger partial charge in [0.1, 0.15) is 17.2 Å². The van der Waals surface area contributed by atoms with Crippen molar-refractivity contribution in [2.45, 2.75) is 18.9 Å². The number of aliphatic hydroxyl groups is 1. The highest BCUT2D eigenvalue weighted by atomic mass is 19.1. The van der Waals surface area contributed by atoms with E-state index >= 15 is 0 Å². The van der Waals surface area contributed by atoms with Crippen LogP contribution in [0.4, 0.5) is 4.39 Å². The number of likely N-dealkylation sites (N-methyl/N-ethyl adjacent to an activating group) is 1. The maximum Gasteiger partial charge on any atom is 0.146 e. The van der Waals surface area contributed by atoms with Crippen molar-refractivity contribution in [3.63, 3.8) is 0 Å². The van der Waals surface area contributed by atoms with Crippen molar-refractivity contribution in [2.75, 3.05) is 33.2 Å². The summed E-state index contributed by atoms with van der Waals surface area (Å²) in [4.78, 5) is 12.6. The largest absolute Gasteiger partial charge is 0.505 e. The molecule has 1 atom stereocenters. The van der Waals surface area contributed by atoms with Crippen LogP contribution in [0.3, 0.4) is 0 Å². The van der Waals surface area contributed by atoms with Crippen LogP contribution in [-0.4, -0.2) is 58.1 Å².